The number of amides is 1. The average molecular weight is 531 g/mol. The molecular formula is C27H29ClF2N4O3. The SMILES string of the molecule is CC(=O)N(C1CCC(C(=O)O)CC1)C1(n2c(-c3ccc(Cl)nc3)nc3cc(F)c(F)cc32)CCCCC1. The smallest absolute Gasteiger partial charge is 0.306 e. The first-order valence-electron chi connectivity index (χ1n) is 12.7. The molecule has 0 aliphatic heterocycles. The summed E-state index contributed by atoms with van der Waals surface area (Å²) in [5, 5.41) is 9.80. The largest absolute Gasteiger partial charge is 0.481 e. The summed E-state index contributed by atoms with van der Waals surface area (Å²) >= 11 is 6.03. The van der Waals surface area contributed by atoms with Crippen LogP contribution >= 0.6 is 11.6 Å². The second-order valence-corrected chi connectivity index (χ2v) is 10.6. The maximum absolute atomic E-state index is 14.6. The molecule has 0 unspecified atom stereocenters. The number of aromatic nitrogens is 3. The highest BCUT2D eigenvalue weighted by Crippen LogP contribution is 2.46. The van der Waals surface area contributed by atoms with E-state index in [1.807, 2.05) is 9.47 Å². The summed E-state index contributed by atoms with van der Waals surface area (Å²) < 4.78 is 30.8. The molecule has 2 fully saturated rings. The van der Waals surface area contributed by atoms with Crippen LogP contribution in [0.25, 0.3) is 22.4 Å². The Kier molecular flexibility index (Phi) is 6.91. The quantitative estimate of drug-likeness (QED) is 0.400. The second-order valence-electron chi connectivity index (χ2n) is 10.2. The molecule has 10 heteroatoms. The molecule has 37 heavy (non-hydrogen) atoms. The van der Waals surface area contributed by atoms with Crippen LogP contribution in [0.5, 0.6) is 0 Å². The van der Waals surface area contributed by atoms with E-state index in [2.05, 4.69) is 4.98 Å². The number of carbonyl (C=O) groups is 2. The number of pyridine rings is 1. The van der Waals surface area contributed by atoms with Gasteiger partial charge in [-0.25, -0.2) is 18.7 Å². The van der Waals surface area contributed by atoms with E-state index in [4.69, 9.17) is 16.6 Å². The molecule has 0 saturated heterocycles. The molecule has 0 atom stereocenters. The Hall–Kier alpha value is -3.07. The van der Waals surface area contributed by atoms with Crippen LogP contribution in [0.1, 0.15) is 64.7 Å². The first-order valence-corrected chi connectivity index (χ1v) is 13.1. The third-order valence-electron chi connectivity index (χ3n) is 7.95. The van der Waals surface area contributed by atoms with Crippen molar-refractivity contribution in [3.8, 4) is 11.4 Å². The molecule has 0 spiro atoms. The summed E-state index contributed by atoms with van der Waals surface area (Å²) in [5.74, 6) is -2.89. The highest BCUT2D eigenvalue weighted by atomic mass is 35.5. The van der Waals surface area contributed by atoms with Crippen LogP contribution in [0.4, 0.5) is 8.78 Å². The average Bonchev–Trinajstić information content (AvgIpc) is 3.24. The Balaban J connectivity index is 1.73. The number of halogens is 3. The summed E-state index contributed by atoms with van der Waals surface area (Å²) in [7, 11) is 0. The Labute approximate surface area is 218 Å². The molecule has 2 heterocycles. The zero-order valence-corrected chi connectivity index (χ0v) is 21.3. The van der Waals surface area contributed by atoms with Crippen LogP contribution in [-0.4, -0.2) is 42.5 Å². The van der Waals surface area contributed by atoms with Crippen molar-refractivity contribution in [2.75, 3.05) is 0 Å². The fourth-order valence-electron chi connectivity index (χ4n) is 6.36. The van der Waals surface area contributed by atoms with Gasteiger partial charge < -0.3 is 10.0 Å². The number of hydrogen-bond donors (Lipinski definition) is 1. The lowest BCUT2D eigenvalue weighted by Gasteiger charge is -2.52. The number of carboxylic acids is 1. The van der Waals surface area contributed by atoms with Gasteiger partial charge in [0.25, 0.3) is 0 Å². The van der Waals surface area contributed by atoms with Crippen molar-refractivity contribution >= 4 is 34.5 Å². The van der Waals surface area contributed by atoms with E-state index in [-0.39, 0.29) is 17.5 Å². The third-order valence-corrected chi connectivity index (χ3v) is 8.18. The van der Waals surface area contributed by atoms with Gasteiger partial charge in [-0.15, -0.1) is 0 Å². The van der Waals surface area contributed by atoms with E-state index >= 15 is 0 Å². The van der Waals surface area contributed by atoms with Crippen molar-refractivity contribution in [3.63, 3.8) is 0 Å². The van der Waals surface area contributed by atoms with E-state index < -0.39 is 29.2 Å². The zero-order valence-electron chi connectivity index (χ0n) is 20.6. The van der Waals surface area contributed by atoms with Gasteiger partial charge >= 0.3 is 5.97 Å². The number of hydrogen-bond acceptors (Lipinski definition) is 4. The van der Waals surface area contributed by atoms with Crippen LogP contribution in [0.2, 0.25) is 5.15 Å². The molecule has 1 N–H and O–H groups in total. The molecule has 5 rings (SSSR count). The molecule has 0 radical (unpaired) electrons. The lowest BCUT2D eigenvalue weighted by Crippen LogP contribution is -2.58. The number of imidazole rings is 1. The summed E-state index contributed by atoms with van der Waals surface area (Å²) in [6, 6.07) is 5.45. The van der Waals surface area contributed by atoms with Gasteiger partial charge in [-0.1, -0.05) is 18.0 Å². The van der Waals surface area contributed by atoms with Gasteiger partial charge in [-0.2, -0.15) is 0 Å². The van der Waals surface area contributed by atoms with E-state index in [9.17, 15) is 23.5 Å². The predicted molar refractivity (Wildman–Crippen MR) is 135 cm³/mol. The Bertz CT molecular complexity index is 1330. The molecule has 2 aliphatic rings. The normalized spacial score (nSPS) is 21.6. The van der Waals surface area contributed by atoms with Gasteiger partial charge in [0.1, 0.15) is 16.6 Å². The molecule has 3 aromatic rings. The summed E-state index contributed by atoms with van der Waals surface area (Å²) in [6.07, 6.45) is 7.57. The third kappa shape index (κ3) is 4.58. The highest BCUT2D eigenvalue weighted by Gasteiger charge is 2.47. The van der Waals surface area contributed by atoms with E-state index in [1.54, 1.807) is 18.3 Å². The van der Waals surface area contributed by atoms with Crippen LogP contribution in [0, 0.1) is 17.6 Å². The molecule has 2 aromatic heterocycles. The minimum atomic E-state index is -0.994. The lowest BCUT2D eigenvalue weighted by molar-refractivity contribution is -0.151. The van der Waals surface area contributed by atoms with Crippen LogP contribution in [-0.2, 0) is 15.3 Å². The second kappa shape index (κ2) is 10.0. The summed E-state index contributed by atoms with van der Waals surface area (Å²) in [4.78, 5) is 35.8. The summed E-state index contributed by atoms with van der Waals surface area (Å²) in [6.45, 7) is 1.53. The van der Waals surface area contributed by atoms with Crippen molar-refractivity contribution in [1.29, 1.82) is 0 Å². The number of rotatable bonds is 5. The zero-order chi connectivity index (χ0) is 26.3. The van der Waals surface area contributed by atoms with Crippen molar-refractivity contribution < 1.29 is 23.5 Å². The highest BCUT2D eigenvalue weighted by molar-refractivity contribution is 6.29. The Morgan fingerprint density at radius 1 is 1.08 bits per heavy atom. The van der Waals surface area contributed by atoms with Gasteiger partial charge in [0.15, 0.2) is 11.6 Å². The van der Waals surface area contributed by atoms with Crippen LogP contribution < -0.4 is 0 Å². The fraction of sp³-hybridized carbons (Fsp3) is 0.481. The van der Waals surface area contributed by atoms with Crippen LogP contribution in [0.3, 0.4) is 0 Å². The molecule has 196 valence electrons. The fourth-order valence-corrected chi connectivity index (χ4v) is 6.47. The Morgan fingerprint density at radius 3 is 2.35 bits per heavy atom. The van der Waals surface area contributed by atoms with Gasteiger partial charge in [0, 0.05) is 36.9 Å². The van der Waals surface area contributed by atoms with Gasteiger partial charge in [-0.05, 0) is 63.5 Å². The maximum Gasteiger partial charge on any atom is 0.306 e. The summed E-state index contributed by atoms with van der Waals surface area (Å²) in [5.41, 5.74) is 0.422. The van der Waals surface area contributed by atoms with Crippen molar-refractivity contribution in [3.05, 3.63) is 47.2 Å². The number of aliphatic carboxylic acids is 1. The van der Waals surface area contributed by atoms with E-state index in [0.717, 1.165) is 31.4 Å². The molecule has 2 saturated carbocycles. The van der Waals surface area contributed by atoms with Crippen molar-refractivity contribution in [2.24, 2.45) is 5.92 Å². The van der Waals surface area contributed by atoms with Gasteiger partial charge in [0.2, 0.25) is 5.91 Å². The van der Waals surface area contributed by atoms with Crippen LogP contribution in [0.15, 0.2) is 30.5 Å². The predicted octanol–water partition coefficient (Wildman–Crippen LogP) is 6.14. The van der Waals surface area contributed by atoms with E-state index in [0.29, 0.717) is 60.6 Å². The van der Waals surface area contributed by atoms with Gasteiger partial charge in [-0.3, -0.25) is 14.2 Å². The minimum Gasteiger partial charge on any atom is -0.481 e. The molecule has 0 bridgehead atoms. The minimum absolute atomic E-state index is 0.134. The number of carboxylic acid groups (broad SMARTS) is 1. The molecule has 7 nitrogen and oxygen atoms in total. The molecule has 2 aliphatic carbocycles. The molecular weight excluding hydrogens is 502 g/mol. The van der Waals surface area contributed by atoms with Crippen molar-refractivity contribution in [1.82, 2.24) is 19.4 Å². The lowest BCUT2D eigenvalue weighted by atomic mass is 9.80. The first kappa shape index (κ1) is 25.6. The molecule has 1 aromatic carbocycles. The number of carbonyl (C=O) groups excluding carboxylic acids is 1. The maximum atomic E-state index is 14.6. The monoisotopic (exact) mass is 530 g/mol. The Morgan fingerprint density at radius 2 is 1.76 bits per heavy atom. The molecule has 1 amide bonds. The first-order chi connectivity index (χ1) is 17.7. The van der Waals surface area contributed by atoms with Crippen molar-refractivity contribution in [2.45, 2.75) is 76.4 Å². The number of nitrogens with zero attached hydrogens (tertiary/aromatic N) is 4. The number of fused-ring (bicyclic) bond motifs is 1. The van der Waals surface area contributed by atoms with E-state index in [1.165, 1.54) is 6.92 Å². The standard InChI is InChI=1S/C27H29ClF2N4O3/c1-16(35)33(19-8-5-17(6-9-19)26(36)37)27(11-3-2-4-12-27)34-23-14-21(30)20(29)13-22(23)32-25(34)18-7-10-24(28)31-15-18/h7,10,13-15,17,19H,2-6,8-9,11-12H2,1H3,(H,36,37). The number of benzene rings is 1. The van der Waals surface area contributed by atoms with Gasteiger partial charge in [0.05, 0.1) is 17.0 Å². The topological polar surface area (TPSA) is 88.3 Å².